The van der Waals surface area contributed by atoms with Gasteiger partial charge in [0.2, 0.25) is 0 Å². The van der Waals surface area contributed by atoms with Crippen molar-refractivity contribution in [1.82, 2.24) is 0 Å². The minimum absolute atomic E-state index is 0.365. The number of aliphatic imine (C=N–C) groups is 2. The van der Waals surface area contributed by atoms with Crippen LogP contribution in [0.3, 0.4) is 0 Å². The maximum atomic E-state index is 11.5. The standard InChI is InChI=1S/C11H10N2O2/c1-15-11(14)9-5-3-2-4-8(9)10-12-6-7-13-10/h2-6H,7H2,1H3. The van der Waals surface area contributed by atoms with Crippen LogP contribution in [-0.4, -0.2) is 31.7 Å². The first kappa shape index (κ1) is 9.58. The summed E-state index contributed by atoms with van der Waals surface area (Å²) in [6.07, 6.45) is 1.71. The van der Waals surface area contributed by atoms with Crippen molar-refractivity contribution in [1.29, 1.82) is 0 Å². The number of hydrogen-bond acceptors (Lipinski definition) is 4. The molecular formula is C11H10N2O2. The lowest BCUT2D eigenvalue weighted by Gasteiger charge is -2.04. The van der Waals surface area contributed by atoms with E-state index in [0.29, 0.717) is 17.9 Å². The van der Waals surface area contributed by atoms with Gasteiger partial charge < -0.3 is 4.74 Å². The topological polar surface area (TPSA) is 51.0 Å². The summed E-state index contributed by atoms with van der Waals surface area (Å²) < 4.78 is 4.69. The maximum absolute atomic E-state index is 11.5. The zero-order chi connectivity index (χ0) is 10.7. The molecular weight excluding hydrogens is 192 g/mol. The third-order valence-electron chi connectivity index (χ3n) is 2.11. The van der Waals surface area contributed by atoms with Gasteiger partial charge in [-0.2, -0.15) is 0 Å². The fraction of sp³-hybridized carbons (Fsp3) is 0.182. The van der Waals surface area contributed by atoms with E-state index in [1.807, 2.05) is 12.1 Å². The molecule has 1 aromatic carbocycles. The molecule has 0 aromatic heterocycles. The molecule has 1 aliphatic rings. The minimum Gasteiger partial charge on any atom is -0.465 e. The first-order chi connectivity index (χ1) is 7.33. The van der Waals surface area contributed by atoms with E-state index < -0.39 is 0 Å². The van der Waals surface area contributed by atoms with Crippen LogP contribution < -0.4 is 0 Å². The highest BCUT2D eigenvalue weighted by molar-refractivity contribution is 6.12. The number of ether oxygens (including phenoxy) is 1. The minimum atomic E-state index is -0.365. The molecule has 0 saturated carbocycles. The van der Waals surface area contributed by atoms with Crippen molar-refractivity contribution < 1.29 is 9.53 Å². The molecule has 0 fully saturated rings. The van der Waals surface area contributed by atoms with Crippen LogP contribution in [0, 0.1) is 0 Å². The first-order valence-electron chi connectivity index (χ1n) is 4.57. The summed E-state index contributed by atoms with van der Waals surface area (Å²) in [6.45, 7) is 0.574. The Morgan fingerprint density at radius 3 is 2.87 bits per heavy atom. The average molecular weight is 202 g/mol. The molecule has 0 amide bonds. The van der Waals surface area contributed by atoms with Crippen LogP contribution in [0.4, 0.5) is 0 Å². The van der Waals surface area contributed by atoms with E-state index in [-0.39, 0.29) is 5.97 Å². The molecule has 1 heterocycles. The molecule has 0 spiro atoms. The number of carbonyl (C=O) groups is 1. The van der Waals surface area contributed by atoms with Crippen molar-refractivity contribution in [2.75, 3.05) is 13.7 Å². The van der Waals surface area contributed by atoms with Gasteiger partial charge in [-0.05, 0) is 6.07 Å². The smallest absolute Gasteiger partial charge is 0.338 e. The zero-order valence-electron chi connectivity index (χ0n) is 8.30. The summed E-state index contributed by atoms with van der Waals surface area (Å²) in [4.78, 5) is 19.7. The molecule has 0 N–H and O–H groups in total. The zero-order valence-corrected chi connectivity index (χ0v) is 8.30. The van der Waals surface area contributed by atoms with Crippen LogP contribution in [0.15, 0.2) is 34.3 Å². The Morgan fingerprint density at radius 2 is 2.20 bits per heavy atom. The molecule has 0 saturated heterocycles. The molecule has 1 aromatic rings. The Balaban J connectivity index is 2.46. The number of nitrogens with zero attached hydrogens (tertiary/aromatic N) is 2. The maximum Gasteiger partial charge on any atom is 0.338 e. The summed E-state index contributed by atoms with van der Waals surface area (Å²) >= 11 is 0. The lowest BCUT2D eigenvalue weighted by molar-refractivity contribution is 0.0600. The highest BCUT2D eigenvalue weighted by Crippen LogP contribution is 2.13. The first-order valence-corrected chi connectivity index (χ1v) is 4.57. The Labute approximate surface area is 87.3 Å². The molecule has 0 bridgehead atoms. The summed E-state index contributed by atoms with van der Waals surface area (Å²) in [6, 6.07) is 7.15. The van der Waals surface area contributed by atoms with Crippen LogP contribution >= 0.6 is 0 Å². The van der Waals surface area contributed by atoms with Gasteiger partial charge in [-0.1, -0.05) is 18.2 Å². The molecule has 76 valence electrons. The predicted molar refractivity (Wildman–Crippen MR) is 57.7 cm³/mol. The highest BCUT2D eigenvalue weighted by atomic mass is 16.5. The van der Waals surface area contributed by atoms with E-state index in [4.69, 9.17) is 4.74 Å². The lowest BCUT2D eigenvalue weighted by Crippen LogP contribution is -2.08. The van der Waals surface area contributed by atoms with Gasteiger partial charge >= 0.3 is 5.97 Å². The number of methoxy groups -OCH3 is 1. The molecule has 0 aliphatic carbocycles. The van der Waals surface area contributed by atoms with Crippen LogP contribution in [0.25, 0.3) is 0 Å². The Morgan fingerprint density at radius 1 is 1.40 bits per heavy atom. The normalized spacial score (nSPS) is 13.8. The SMILES string of the molecule is COC(=O)c1ccccc1C1=NCC=N1. The molecule has 0 unspecified atom stereocenters. The molecule has 1 aliphatic heterocycles. The second kappa shape index (κ2) is 4.04. The van der Waals surface area contributed by atoms with Gasteiger partial charge in [0.25, 0.3) is 0 Å². The van der Waals surface area contributed by atoms with E-state index in [1.54, 1.807) is 18.3 Å². The van der Waals surface area contributed by atoms with E-state index in [1.165, 1.54) is 7.11 Å². The third kappa shape index (κ3) is 1.79. The summed E-state index contributed by atoms with van der Waals surface area (Å²) in [5.74, 6) is 0.228. The van der Waals surface area contributed by atoms with Gasteiger partial charge in [0, 0.05) is 11.8 Å². The van der Waals surface area contributed by atoms with Crippen LogP contribution in [0.5, 0.6) is 0 Å². The fourth-order valence-corrected chi connectivity index (χ4v) is 1.42. The molecule has 0 atom stereocenters. The molecule has 2 rings (SSSR count). The monoisotopic (exact) mass is 202 g/mol. The predicted octanol–water partition coefficient (Wildman–Crippen LogP) is 1.30. The van der Waals surface area contributed by atoms with Crippen LogP contribution in [-0.2, 0) is 4.74 Å². The van der Waals surface area contributed by atoms with Crippen LogP contribution in [0.1, 0.15) is 15.9 Å². The second-order valence-corrected chi connectivity index (χ2v) is 3.01. The van der Waals surface area contributed by atoms with Gasteiger partial charge in [-0.15, -0.1) is 0 Å². The fourth-order valence-electron chi connectivity index (χ4n) is 1.42. The summed E-state index contributed by atoms with van der Waals surface area (Å²) in [5, 5.41) is 0. The van der Waals surface area contributed by atoms with Gasteiger partial charge in [-0.3, -0.25) is 4.99 Å². The Hall–Kier alpha value is -1.97. The van der Waals surface area contributed by atoms with Gasteiger partial charge in [0.05, 0.1) is 19.2 Å². The van der Waals surface area contributed by atoms with Crippen molar-refractivity contribution in [3.8, 4) is 0 Å². The largest absolute Gasteiger partial charge is 0.465 e. The van der Waals surface area contributed by atoms with Crippen molar-refractivity contribution in [3.63, 3.8) is 0 Å². The number of benzene rings is 1. The van der Waals surface area contributed by atoms with E-state index in [9.17, 15) is 4.79 Å². The lowest BCUT2D eigenvalue weighted by atomic mass is 10.1. The second-order valence-electron chi connectivity index (χ2n) is 3.01. The van der Waals surface area contributed by atoms with Crippen LogP contribution in [0.2, 0.25) is 0 Å². The van der Waals surface area contributed by atoms with Crippen molar-refractivity contribution in [2.45, 2.75) is 0 Å². The third-order valence-corrected chi connectivity index (χ3v) is 2.11. The Kier molecular flexibility index (Phi) is 2.58. The number of amidine groups is 1. The Bertz CT molecular complexity index is 450. The molecule has 0 radical (unpaired) electrons. The van der Waals surface area contributed by atoms with E-state index >= 15 is 0 Å². The average Bonchev–Trinajstić information content (AvgIpc) is 2.81. The number of rotatable bonds is 2. The van der Waals surface area contributed by atoms with E-state index in [2.05, 4.69) is 9.98 Å². The van der Waals surface area contributed by atoms with Crippen molar-refractivity contribution >= 4 is 18.0 Å². The van der Waals surface area contributed by atoms with E-state index in [0.717, 1.165) is 5.56 Å². The summed E-state index contributed by atoms with van der Waals surface area (Å²) in [5.41, 5.74) is 1.22. The number of carbonyl (C=O) groups excluding carboxylic acids is 1. The van der Waals surface area contributed by atoms with Gasteiger partial charge in [0.1, 0.15) is 0 Å². The summed E-state index contributed by atoms with van der Waals surface area (Å²) in [7, 11) is 1.36. The van der Waals surface area contributed by atoms with Crippen molar-refractivity contribution in [3.05, 3.63) is 35.4 Å². The highest BCUT2D eigenvalue weighted by Gasteiger charge is 2.15. The molecule has 4 nitrogen and oxygen atoms in total. The number of esters is 1. The van der Waals surface area contributed by atoms with Crippen molar-refractivity contribution in [2.24, 2.45) is 9.98 Å². The number of hydrogen-bond donors (Lipinski definition) is 0. The van der Waals surface area contributed by atoms with Gasteiger partial charge in [-0.25, -0.2) is 9.79 Å². The quantitative estimate of drug-likeness (QED) is 0.679. The molecule has 15 heavy (non-hydrogen) atoms. The molecule has 4 heteroatoms. The van der Waals surface area contributed by atoms with Gasteiger partial charge in [0.15, 0.2) is 5.84 Å².